The van der Waals surface area contributed by atoms with Crippen molar-refractivity contribution < 1.29 is 4.39 Å². The van der Waals surface area contributed by atoms with Gasteiger partial charge in [-0.25, -0.2) is 4.39 Å². The summed E-state index contributed by atoms with van der Waals surface area (Å²) in [6.45, 7) is 6.22. The highest BCUT2D eigenvalue weighted by atomic mass is 79.9. The lowest BCUT2D eigenvalue weighted by Gasteiger charge is -2.42. The van der Waals surface area contributed by atoms with Gasteiger partial charge in [-0.05, 0) is 65.9 Å². The summed E-state index contributed by atoms with van der Waals surface area (Å²) in [5.74, 6) is 0.591. The van der Waals surface area contributed by atoms with E-state index >= 15 is 0 Å². The molecular weight excluding hydrogens is 319 g/mol. The van der Waals surface area contributed by atoms with Gasteiger partial charge in [0.1, 0.15) is 5.82 Å². The SMILES string of the molecule is CCC1CCN(C(C)c2ccc(F)c(Br)c2)C(CN)C1. The van der Waals surface area contributed by atoms with Gasteiger partial charge in [0.15, 0.2) is 0 Å². The van der Waals surface area contributed by atoms with Crippen molar-refractivity contribution in [2.24, 2.45) is 11.7 Å². The predicted octanol–water partition coefficient (Wildman–Crippen LogP) is 4.10. The summed E-state index contributed by atoms with van der Waals surface area (Å²) in [6.07, 6.45) is 3.65. The minimum atomic E-state index is -0.207. The quantitative estimate of drug-likeness (QED) is 0.892. The van der Waals surface area contributed by atoms with Crippen molar-refractivity contribution in [3.63, 3.8) is 0 Å². The van der Waals surface area contributed by atoms with Gasteiger partial charge in [-0.3, -0.25) is 4.90 Å². The van der Waals surface area contributed by atoms with Crippen molar-refractivity contribution in [3.8, 4) is 0 Å². The molecule has 0 aliphatic carbocycles. The zero-order chi connectivity index (χ0) is 14.7. The molecule has 1 aromatic carbocycles. The zero-order valence-electron chi connectivity index (χ0n) is 12.3. The molecule has 0 spiro atoms. The lowest BCUT2D eigenvalue weighted by Crippen LogP contribution is -2.47. The van der Waals surface area contributed by atoms with Crippen LogP contribution in [0.1, 0.15) is 44.7 Å². The van der Waals surface area contributed by atoms with Crippen molar-refractivity contribution >= 4 is 15.9 Å². The second kappa shape index (κ2) is 7.01. The monoisotopic (exact) mass is 342 g/mol. The summed E-state index contributed by atoms with van der Waals surface area (Å²) in [6, 6.07) is 6.02. The van der Waals surface area contributed by atoms with Crippen molar-refractivity contribution in [2.45, 2.75) is 45.2 Å². The van der Waals surface area contributed by atoms with E-state index in [0.29, 0.717) is 17.1 Å². The molecule has 3 unspecified atom stereocenters. The minimum Gasteiger partial charge on any atom is -0.329 e. The first-order valence-corrected chi connectivity index (χ1v) is 8.26. The van der Waals surface area contributed by atoms with Gasteiger partial charge >= 0.3 is 0 Å². The van der Waals surface area contributed by atoms with Gasteiger partial charge < -0.3 is 5.73 Å². The summed E-state index contributed by atoms with van der Waals surface area (Å²) >= 11 is 3.27. The molecular formula is C16H24BrFN2. The van der Waals surface area contributed by atoms with Gasteiger partial charge in [-0.1, -0.05) is 19.4 Å². The Bertz CT molecular complexity index is 452. The van der Waals surface area contributed by atoms with Crippen molar-refractivity contribution in [2.75, 3.05) is 13.1 Å². The molecule has 0 bridgehead atoms. The lowest BCUT2D eigenvalue weighted by molar-refractivity contribution is 0.0772. The second-order valence-corrected chi connectivity index (χ2v) is 6.63. The molecule has 3 atom stereocenters. The Balaban J connectivity index is 2.14. The largest absolute Gasteiger partial charge is 0.329 e. The van der Waals surface area contributed by atoms with Crippen LogP contribution in [0, 0.1) is 11.7 Å². The summed E-state index contributed by atoms with van der Waals surface area (Å²) < 4.78 is 13.9. The third kappa shape index (κ3) is 3.41. The average Bonchev–Trinajstić information content (AvgIpc) is 2.48. The maximum atomic E-state index is 13.4. The first kappa shape index (κ1) is 15.9. The van der Waals surface area contributed by atoms with E-state index in [4.69, 9.17) is 5.73 Å². The molecule has 20 heavy (non-hydrogen) atoms. The molecule has 112 valence electrons. The van der Waals surface area contributed by atoms with E-state index in [0.717, 1.165) is 18.0 Å². The molecule has 1 aliphatic rings. The Morgan fingerprint density at radius 3 is 2.85 bits per heavy atom. The fourth-order valence-corrected chi connectivity index (χ4v) is 3.62. The molecule has 0 aromatic heterocycles. The summed E-state index contributed by atoms with van der Waals surface area (Å²) in [7, 11) is 0. The third-order valence-corrected chi connectivity index (χ3v) is 5.25. The summed E-state index contributed by atoms with van der Waals surface area (Å²) in [5, 5.41) is 0. The molecule has 1 aromatic rings. The van der Waals surface area contributed by atoms with Gasteiger partial charge in [0.25, 0.3) is 0 Å². The van der Waals surface area contributed by atoms with Crippen molar-refractivity contribution in [1.82, 2.24) is 4.90 Å². The molecule has 0 saturated carbocycles. The number of halogens is 2. The third-order valence-electron chi connectivity index (χ3n) is 4.64. The van der Waals surface area contributed by atoms with Crippen LogP contribution in [0.4, 0.5) is 4.39 Å². The number of piperidine rings is 1. The van der Waals surface area contributed by atoms with E-state index in [9.17, 15) is 4.39 Å². The molecule has 1 heterocycles. The minimum absolute atomic E-state index is 0.207. The molecule has 2 rings (SSSR count). The molecule has 0 radical (unpaired) electrons. The van der Waals surface area contributed by atoms with E-state index in [1.54, 1.807) is 0 Å². The highest BCUT2D eigenvalue weighted by Gasteiger charge is 2.30. The van der Waals surface area contributed by atoms with E-state index in [1.807, 2.05) is 12.1 Å². The number of rotatable bonds is 4. The van der Waals surface area contributed by atoms with Crippen molar-refractivity contribution in [3.05, 3.63) is 34.1 Å². The number of nitrogens with two attached hydrogens (primary N) is 1. The average molecular weight is 343 g/mol. The molecule has 0 amide bonds. The maximum Gasteiger partial charge on any atom is 0.137 e. The normalized spacial score (nSPS) is 25.6. The predicted molar refractivity (Wildman–Crippen MR) is 85.1 cm³/mol. The first-order chi connectivity index (χ1) is 9.56. The van der Waals surface area contributed by atoms with Gasteiger partial charge in [-0.2, -0.15) is 0 Å². The highest BCUT2D eigenvalue weighted by Crippen LogP contribution is 2.33. The fraction of sp³-hybridized carbons (Fsp3) is 0.625. The van der Waals surface area contributed by atoms with E-state index in [2.05, 4.69) is 34.7 Å². The Hall–Kier alpha value is -0.450. The number of benzene rings is 1. The fourth-order valence-electron chi connectivity index (χ4n) is 3.23. The van der Waals surface area contributed by atoms with Crippen LogP contribution < -0.4 is 5.73 Å². The standard InChI is InChI=1S/C16H24BrFN2/c1-3-12-6-7-20(14(8-12)10-19)11(2)13-4-5-16(18)15(17)9-13/h4-5,9,11-12,14H,3,6-8,10,19H2,1-2H3. The Labute approximate surface area is 129 Å². The smallest absolute Gasteiger partial charge is 0.137 e. The maximum absolute atomic E-state index is 13.4. The number of nitrogens with zero attached hydrogens (tertiary/aromatic N) is 1. The van der Waals surface area contributed by atoms with Crippen molar-refractivity contribution in [1.29, 1.82) is 0 Å². The van der Waals surface area contributed by atoms with Crippen LogP contribution in [0.25, 0.3) is 0 Å². The van der Waals surface area contributed by atoms with Crippen LogP contribution in [-0.4, -0.2) is 24.0 Å². The van der Waals surface area contributed by atoms with Crippen LogP contribution in [0.15, 0.2) is 22.7 Å². The molecule has 4 heteroatoms. The Morgan fingerprint density at radius 2 is 2.25 bits per heavy atom. The first-order valence-electron chi connectivity index (χ1n) is 7.47. The van der Waals surface area contributed by atoms with Crippen LogP contribution in [-0.2, 0) is 0 Å². The molecule has 2 N–H and O–H groups in total. The lowest BCUT2D eigenvalue weighted by atomic mass is 9.87. The Morgan fingerprint density at radius 1 is 1.50 bits per heavy atom. The van der Waals surface area contributed by atoms with Gasteiger partial charge in [-0.15, -0.1) is 0 Å². The van der Waals surface area contributed by atoms with Crippen LogP contribution in [0.5, 0.6) is 0 Å². The van der Waals surface area contributed by atoms with Gasteiger partial charge in [0.2, 0.25) is 0 Å². The molecule has 1 saturated heterocycles. The Kier molecular flexibility index (Phi) is 5.58. The molecule has 1 fully saturated rings. The van der Waals surface area contributed by atoms with Crippen LogP contribution >= 0.6 is 15.9 Å². The van der Waals surface area contributed by atoms with Crippen LogP contribution in [0.3, 0.4) is 0 Å². The second-order valence-electron chi connectivity index (χ2n) is 5.78. The zero-order valence-corrected chi connectivity index (χ0v) is 13.9. The highest BCUT2D eigenvalue weighted by molar-refractivity contribution is 9.10. The number of likely N-dealkylation sites (tertiary alicyclic amines) is 1. The van der Waals surface area contributed by atoms with E-state index in [1.165, 1.54) is 25.3 Å². The van der Waals surface area contributed by atoms with Crippen LogP contribution in [0.2, 0.25) is 0 Å². The molecule has 1 aliphatic heterocycles. The molecule has 2 nitrogen and oxygen atoms in total. The van der Waals surface area contributed by atoms with Gasteiger partial charge in [0.05, 0.1) is 4.47 Å². The van der Waals surface area contributed by atoms with E-state index in [-0.39, 0.29) is 11.9 Å². The number of hydrogen-bond donors (Lipinski definition) is 1. The summed E-state index contributed by atoms with van der Waals surface area (Å²) in [4.78, 5) is 2.48. The summed E-state index contributed by atoms with van der Waals surface area (Å²) in [5.41, 5.74) is 7.11. The number of hydrogen-bond acceptors (Lipinski definition) is 2. The van der Waals surface area contributed by atoms with Gasteiger partial charge in [0, 0.05) is 18.6 Å². The van der Waals surface area contributed by atoms with E-state index < -0.39 is 0 Å². The topological polar surface area (TPSA) is 29.3 Å².